The van der Waals surface area contributed by atoms with Crippen LogP contribution in [0.15, 0.2) is 30.3 Å². The lowest BCUT2D eigenvalue weighted by atomic mass is 9.74. The van der Waals surface area contributed by atoms with Crippen LogP contribution in [-0.4, -0.2) is 55.1 Å². The van der Waals surface area contributed by atoms with Gasteiger partial charge in [-0.15, -0.1) is 0 Å². The van der Waals surface area contributed by atoms with E-state index in [2.05, 4.69) is 11.8 Å². The third kappa shape index (κ3) is 4.46. The van der Waals surface area contributed by atoms with Crippen molar-refractivity contribution in [1.29, 1.82) is 0 Å². The molecule has 0 amide bonds. The van der Waals surface area contributed by atoms with E-state index in [4.69, 9.17) is 16.5 Å². The molecule has 0 aliphatic carbocycles. The number of carbonyl (C=O) groups excluding carboxylic acids is 1. The van der Waals surface area contributed by atoms with E-state index < -0.39 is 5.41 Å². The maximum absolute atomic E-state index is 12.5. The van der Waals surface area contributed by atoms with E-state index in [-0.39, 0.29) is 5.97 Å². The minimum Gasteiger partial charge on any atom is -0.468 e. The molecule has 2 rings (SSSR count). The summed E-state index contributed by atoms with van der Waals surface area (Å²) in [6.07, 6.45) is 2.53. The Morgan fingerprint density at radius 2 is 1.87 bits per heavy atom. The first-order chi connectivity index (χ1) is 11.1. The standard InChI is InChI=1S/C18H27ClN2O2/c1-3-18(17(22)23-2,16-8-5-4-6-9-16)10-7-11-20-12-14-21(19)15-13-20/h4-6,8-9H,3,7,10-15H2,1-2H3. The fourth-order valence-electron chi connectivity index (χ4n) is 3.39. The van der Waals surface area contributed by atoms with Gasteiger partial charge in [0.25, 0.3) is 0 Å². The van der Waals surface area contributed by atoms with E-state index in [0.717, 1.165) is 57.5 Å². The second-order valence-electron chi connectivity index (χ2n) is 6.15. The van der Waals surface area contributed by atoms with Gasteiger partial charge in [0.1, 0.15) is 0 Å². The molecule has 1 aliphatic heterocycles. The van der Waals surface area contributed by atoms with E-state index in [1.807, 2.05) is 34.8 Å². The molecule has 1 fully saturated rings. The minimum atomic E-state index is -0.537. The summed E-state index contributed by atoms with van der Waals surface area (Å²) in [5.41, 5.74) is 0.518. The molecule has 1 unspecified atom stereocenters. The Morgan fingerprint density at radius 3 is 2.43 bits per heavy atom. The van der Waals surface area contributed by atoms with Crippen molar-refractivity contribution in [2.24, 2.45) is 0 Å². The van der Waals surface area contributed by atoms with Gasteiger partial charge in [0.05, 0.1) is 12.5 Å². The second-order valence-corrected chi connectivity index (χ2v) is 6.63. The highest BCUT2D eigenvalue weighted by Gasteiger charge is 2.39. The van der Waals surface area contributed by atoms with Crippen LogP contribution in [0.3, 0.4) is 0 Å². The Kier molecular flexibility index (Phi) is 6.88. The smallest absolute Gasteiger partial charge is 0.316 e. The Bertz CT molecular complexity index is 489. The Balaban J connectivity index is 2.02. The number of hydrogen-bond donors (Lipinski definition) is 0. The molecule has 0 bridgehead atoms. The zero-order valence-electron chi connectivity index (χ0n) is 14.1. The zero-order valence-corrected chi connectivity index (χ0v) is 14.9. The van der Waals surface area contributed by atoms with Crippen molar-refractivity contribution >= 4 is 17.7 Å². The number of halogens is 1. The van der Waals surface area contributed by atoms with Gasteiger partial charge < -0.3 is 9.64 Å². The highest BCUT2D eigenvalue weighted by Crippen LogP contribution is 2.34. The summed E-state index contributed by atoms with van der Waals surface area (Å²) in [5, 5.41) is 0. The molecule has 1 saturated heterocycles. The number of piperazine rings is 1. The summed E-state index contributed by atoms with van der Waals surface area (Å²) in [6, 6.07) is 10.0. The molecule has 1 aromatic rings. The van der Waals surface area contributed by atoms with E-state index in [1.165, 1.54) is 7.11 Å². The predicted octanol–water partition coefficient (Wildman–Crippen LogP) is 3.06. The lowest BCUT2D eigenvalue weighted by Gasteiger charge is -2.33. The highest BCUT2D eigenvalue weighted by molar-refractivity contribution is 6.13. The number of carbonyl (C=O) groups is 1. The summed E-state index contributed by atoms with van der Waals surface area (Å²) in [4.78, 5) is 14.9. The van der Waals surface area contributed by atoms with Crippen molar-refractivity contribution in [3.8, 4) is 0 Å². The quantitative estimate of drug-likeness (QED) is 0.565. The van der Waals surface area contributed by atoms with Crippen LogP contribution in [0.25, 0.3) is 0 Å². The summed E-state index contributed by atoms with van der Waals surface area (Å²) >= 11 is 6.00. The van der Waals surface area contributed by atoms with Gasteiger partial charge in [-0.3, -0.25) is 4.79 Å². The Morgan fingerprint density at radius 1 is 1.22 bits per heavy atom. The molecule has 0 aromatic heterocycles. The molecule has 0 N–H and O–H groups in total. The van der Waals surface area contributed by atoms with Crippen LogP contribution in [0.4, 0.5) is 0 Å². The molecular weight excluding hydrogens is 312 g/mol. The lowest BCUT2D eigenvalue weighted by molar-refractivity contribution is -0.148. The van der Waals surface area contributed by atoms with Crippen LogP contribution in [0.1, 0.15) is 31.7 Å². The molecule has 1 atom stereocenters. The number of ether oxygens (including phenoxy) is 1. The number of methoxy groups -OCH3 is 1. The van der Waals surface area contributed by atoms with Crippen molar-refractivity contribution in [3.63, 3.8) is 0 Å². The molecule has 0 spiro atoms. The maximum Gasteiger partial charge on any atom is 0.316 e. The Labute approximate surface area is 144 Å². The first-order valence-electron chi connectivity index (χ1n) is 8.39. The van der Waals surface area contributed by atoms with Gasteiger partial charge in [-0.2, -0.15) is 0 Å². The number of hydrogen-bond acceptors (Lipinski definition) is 4. The van der Waals surface area contributed by atoms with Gasteiger partial charge in [-0.1, -0.05) is 37.3 Å². The third-order valence-electron chi connectivity index (χ3n) is 4.90. The van der Waals surface area contributed by atoms with Crippen LogP contribution in [-0.2, 0) is 14.9 Å². The lowest BCUT2D eigenvalue weighted by Crippen LogP contribution is -2.43. The average molecular weight is 339 g/mol. The van der Waals surface area contributed by atoms with Crippen molar-refractivity contribution in [2.75, 3.05) is 39.8 Å². The van der Waals surface area contributed by atoms with Gasteiger partial charge in [0.15, 0.2) is 0 Å². The van der Waals surface area contributed by atoms with Gasteiger partial charge in [-0.25, -0.2) is 4.42 Å². The van der Waals surface area contributed by atoms with Crippen molar-refractivity contribution in [3.05, 3.63) is 35.9 Å². The summed E-state index contributed by atoms with van der Waals surface area (Å²) in [7, 11) is 1.48. The molecular formula is C18H27ClN2O2. The maximum atomic E-state index is 12.5. The Hall–Kier alpha value is -1.10. The zero-order chi connectivity index (χ0) is 16.7. The monoisotopic (exact) mass is 338 g/mol. The first kappa shape index (κ1) is 18.2. The molecule has 4 nitrogen and oxygen atoms in total. The van der Waals surface area contributed by atoms with E-state index in [9.17, 15) is 4.79 Å². The molecule has 128 valence electrons. The summed E-state index contributed by atoms with van der Waals surface area (Å²) < 4.78 is 6.98. The SMILES string of the molecule is CCC(CCCN1CCN(Cl)CC1)(C(=O)OC)c1ccccc1. The largest absolute Gasteiger partial charge is 0.468 e. The van der Waals surface area contributed by atoms with Gasteiger partial charge in [-0.05, 0) is 43.1 Å². The summed E-state index contributed by atoms with van der Waals surface area (Å²) in [5.74, 6) is -0.128. The average Bonchev–Trinajstić information content (AvgIpc) is 2.61. The summed E-state index contributed by atoms with van der Waals surface area (Å²) in [6.45, 7) is 6.84. The molecule has 1 heterocycles. The van der Waals surface area contributed by atoms with Crippen molar-refractivity contribution < 1.29 is 9.53 Å². The van der Waals surface area contributed by atoms with Crippen molar-refractivity contribution in [2.45, 2.75) is 31.6 Å². The van der Waals surface area contributed by atoms with Crippen LogP contribution < -0.4 is 0 Å². The van der Waals surface area contributed by atoms with E-state index in [1.54, 1.807) is 0 Å². The van der Waals surface area contributed by atoms with Crippen LogP contribution in [0.2, 0.25) is 0 Å². The molecule has 23 heavy (non-hydrogen) atoms. The number of rotatable bonds is 7. The van der Waals surface area contributed by atoms with Gasteiger partial charge in [0, 0.05) is 26.2 Å². The van der Waals surface area contributed by atoms with Gasteiger partial charge in [0.2, 0.25) is 0 Å². The number of nitrogens with zero attached hydrogens (tertiary/aromatic N) is 2. The third-order valence-corrected chi connectivity index (χ3v) is 5.24. The highest BCUT2D eigenvalue weighted by atomic mass is 35.5. The molecule has 0 radical (unpaired) electrons. The topological polar surface area (TPSA) is 32.8 Å². The van der Waals surface area contributed by atoms with Gasteiger partial charge >= 0.3 is 5.97 Å². The minimum absolute atomic E-state index is 0.128. The number of benzene rings is 1. The van der Waals surface area contributed by atoms with E-state index >= 15 is 0 Å². The normalized spacial score (nSPS) is 19.3. The second kappa shape index (κ2) is 8.67. The van der Waals surface area contributed by atoms with Crippen LogP contribution in [0.5, 0.6) is 0 Å². The van der Waals surface area contributed by atoms with E-state index in [0.29, 0.717) is 0 Å². The predicted molar refractivity (Wildman–Crippen MR) is 93.5 cm³/mol. The molecule has 5 heteroatoms. The first-order valence-corrected chi connectivity index (χ1v) is 8.73. The fraction of sp³-hybridized carbons (Fsp3) is 0.611. The molecule has 0 saturated carbocycles. The number of esters is 1. The van der Waals surface area contributed by atoms with Crippen LogP contribution in [0, 0.1) is 0 Å². The van der Waals surface area contributed by atoms with Crippen molar-refractivity contribution in [1.82, 2.24) is 9.32 Å². The molecule has 1 aliphatic rings. The molecule has 1 aromatic carbocycles. The fourth-order valence-corrected chi connectivity index (χ4v) is 3.54. The van der Waals surface area contributed by atoms with Crippen LogP contribution >= 0.6 is 11.8 Å².